The number of para-hydroxylation sites is 1. The first-order valence-corrected chi connectivity index (χ1v) is 7.97. The summed E-state index contributed by atoms with van der Waals surface area (Å²) in [4.78, 5) is 26.9. The first kappa shape index (κ1) is 17.5. The molecule has 8 nitrogen and oxygen atoms in total. The SMILES string of the molecule is O=C(Oc1ccccc1)c1cn([C@@H]2C[C@@H](O)[C@H](CO)O2)c(=O)[nH]c1=S. The van der Waals surface area contributed by atoms with Crippen LogP contribution in [0.25, 0.3) is 0 Å². The highest BCUT2D eigenvalue weighted by atomic mass is 32.1. The molecule has 0 saturated carbocycles. The maximum atomic E-state index is 12.3. The molecular formula is C16H16N2O6S. The van der Waals surface area contributed by atoms with Crippen LogP contribution >= 0.6 is 12.2 Å². The Bertz CT molecular complexity index is 878. The molecule has 3 atom stereocenters. The van der Waals surface area contributed by atoms with E-state index in [2.05, 4.69) is 4.98 Å². The van der Waals surface area contributed by atoms with Crippen LogP contribution in [0.4, 0.5) is 0 Å². The molecule has 1 aliphatic rings. The summed E-state index contributed by atoms with van der Waals surface area (Å²) in [6.07, 6.45) is -1.19. The van der Waals surface area contributed by atoms with Crippen LogP contribution in [0, 0.1) is 4.64 Å². The number of nitrogens with one attached hydrogen (secondary N) is 1. The van der Waals surface area contributed by atoms with Gasteiger partial charge in [-0.25, -0.2) is 9.59 Å². The zero-order valence-corrected chi connectivity index (χ0v) is 13.8. The second-order valence-corrected chi connectivity index (χ2v) is 5.93. The maximum Gasteiger partial charge on any atom is 0.348 e. The van der Waals surface area contributed by atoms with Gasteiger partial charge in [-0.15, -0.1) is 0 Å². The van der Waals surface area contributed by atoms with Gasteiger partial charge < -0.3 is 19.7 Å². The minimum Gasteiger partial charge on any atom is -0.423 e. The molecule has 2 aromatic rings. The van der Waals surface area contributed by atoms with Gasteiger partial charge in [-0.1, -0.05) is 30.4 Å². The predicted molar refractivity (Wildman–Crippen MR) is 88.9 cm³/mol. The van der Waals surface area contributed by atoms with Crippen molar-refractivity contribution >= 4 is 18.2 Å². The third kappa shape index (κ3) is 3.69. The number of rotatable bonds is 4. The highest BCUT2D eigenvalue weighted by Gasteiger charge is 2.35. The predicted octanol–water partition coefficient (Wildman–Crippen LogP) is 0.766. The van der Waals surface area contributed by atoms with Crippen LogP contribution < -0.4 is 10.4 Å². The van der Waals surface area contributed by atoms with Crippen LogP contribution in [0.5, 0.6) is 5.75 Å². The van der Waals surface area contributed by atoms with Crippen LogP contribution in [0.2, 0.25) is 0 Å². The van der Waals surface area contributed by atoms with Crippen molar-refractivity contribution in [1.29, 1.82) is 0 Å². The van der Waals surface area contributed by atoms with Crippen LogP contribution in [0.15, 0.2) is 41.3 Å². The van der Waals surface area contributed by atoms with E-state index < -0.39 is 30.1 Å². The first-order valence-electron chi connectivity index (χ1n) is 7.56. The Kier molecular flexibility index (Phi) is 5.09. The second kappa shape index (κ2) is 7.28. The van der Waals surface area contributed by atoms with Crippen molar-refractivity contribution in [1.82, 2.24) is 9.55 Å². The van der Waals surface area contributed by atoms with E-state index >= 15 is 0 Å². The number of hydrogen-bond acceptors (Lipinski definition) is 7. The van der Waals surface area contributed by atoms with Crippen LogP contribution in [-0.4, -0.2) is 44.5 Å². The Balaban J connectivity index is 1.90. The molecule has 132 valence electrons. The number of aliphatic hydroxyl groups is 2. The number of esters is 1. The van der Waals surface area contributed by atoms with Crippen molar-refractivity contribution in [2.24, 2.45) is 0 Å². The fourth-order valence-corrected chi connectivity index (χ4v) is 2.77. The lowest BCUT2D eigenvalue weighted by molar-refractivity contribution is -0.0459. The molecule has 1 aromatic carbocycles. The third-order valence-corrected chi connectivity index (χ3v) is 4.16. The summed E-state index contributed by atoms with van der Waals surface area (Å²) in [5, 5.41) is 19.0. The first-order chi connectivity index (χ1) is 12.0. The lowest BCUT2D eigenvalue weighted by Gasteiger charge is -2.15. The largest absolute Gasteiger partial charge is 0.423 e. The number of hydrogen-bond donors (Lipinski definition) is 3. The average molecular weight is 364 g/mol. The molecule has 0 amide bonds. The molecule has 1 aromatic heterocycles. The van der Waals surface area contributed by atoms with E-state index in [1.54, 1.807) is 30.3 Å². The lowest BCUT2D eigenvalue weighted by atomic mass is 10.2. The topological polar surface area (TPSA) is 114 Å². The van der Waals surface area contributed by atoms with Crippen molar-refractivity contribution in [2.45, 2.75) is 24.9 Å². The summed E-state index contributed by atoms with van der Waals surface area (Å²) in [7, 11) is 0. The minimum absolute atomic E-state index is 0.0102. The van der Waals surface area contributed by atoms with Crippen molar-refractivity contribution in [3.05, 3.63) is 57.2 Å². The fourth-order valence-electron chi connectivity index (χ4n) is 2.55. The molecule has 1 aliphatic heterocycles. The van der Waals surface area contributed by atoms with Crippen molar-refractivity contribution in [3.63, 3.8) is 0 Å². The van der Waals surface area contributed by atoms with E-state index in [9.17, 15) is 14.7 Å². The number of carbonyl (C=O) groups is 1. The molecule has 0 aliphatic carbocycles. The number of aromatic nitrogens is 2. The Hall–Kier alpha value is -2.33. The van der Waals surface area contributed by atoms with Gasteiger partial charge in [0.1, 0.15) is 28.3 Å². The number of H-pyrrole nitrogens is 1. The highest BCUT2D eigenvalue weighted by molar-refractivity contribution is 7.71. The van der Waals surface area contributed by atoms with E-state index in [-0.39, 0.29) is 23.2 Å². The van der Waals surface area contributed by atoms with Gasteiger partial charge in [0, 0.05) is 12.6 Å². The molecule has 1 saturated heterocycles. The quantitative estimate of drug-likeness (QED) is 0.417. The third-order valence-electron chi connectivity index (χ3n) is 3.84. The van der Waals surface area contributed by atoms with Gasteiger partial charge >= 0.3 is 11.7 Å². The zero-order chi connectivity index (χ0) is 18.0. The number of ether oxygens (including phenoxy) is 2. The van der Waals surface area contributed by atoms with Crippen molar-refractivity contribution < 1.29 is 24.5 Å². The van der Waals surface area contributed by atoms with Crippen LogP contribution in [0.3, 0.4) is 0 Å². The van der Waals surface area contributed by atoms with Gasteiger partial charge in [0.25, 0.3) is 0 Å². The molecule has 3 N–H and O–H groups in total. The summed E-state index contributed by atoms with van der Waals surface area (Å²) >= 11 is 5.04. The maximum absolute atomic E-state index is 12.3. The molecule has 0 spiro atoms. The Morgan fingerprint density at radius 3 is 2.76 bits per heavy atom. The molecule has 0 unspecified atom stereocenters. The standard InChI is InChI=1S/C16H16N2O6S/c19-8-12-11(20)6-13(24-12)18-7-10(14(25)17-16(18)22)15(21)23-9-4-2-1-3-5-9/h1-5,7,11-13,19-20H,6,8H2,(H,17,22,25)/t11-,12+,13+/m1/s1. The van der Waals surface area contributed by atoms with Crippen molar-refractivity contribution in [2.75, 3.05) is 6.61 Å². The molecule has 25 heavy (non-hydrogen) atoms. The zero-order valence-electron chi connectivity index (χ0n) is 13.0. The normalized spacial score (nSPS) is 22.7. The van der Waals surface area contributed by atoms with Crippen LogP contribution in [-0.2, 0) is 4.74 Å². The minimum atomic E-state index is -0.912. The van der Waals surface area contributed by atoms with E-state index in [4.69, 9.17) is 26.8 Å². The average Bonchev–Trinajstić information content (AvgIpc) is 2.96. The number of aliphatic hydroxyl groups excluding tert-OH is 2. The van der Waals surface area contributed by atoms with Crippen molar-refractivity contribution in [3.8, 4) is 5.75 Å². The lowest BCUT2D eigenvalue weighted by Crippen LogP contribution is -2.29. The Labute approximate surface area is 147 Å². The molecule has 1 fully saturated rings. The molecule has 9 heteroatoms. The Morgan fingerprint density at radius 2 is 2.12 bits per heavy atom. The number of aromatic amines is 1. The van der Waals surface area contributed by atoms with E-state index in [0.717, 1.165) is 4.57 Å². The van der Waals surface area contributed by atoms with E-state index in [1.807, 2.05) is 0 Å². The molecule has 0 bridgehead atoms. The van der Waals surface area contributed by atoms with E-state index in [1.165, 1.54) is 6.20 Å². The van der Waals surface area contributed by atoms with Gasteiger partial charge in [0.2, 0.25) is 0 Å². The second-order valence-electron chi connectivity index (χ2n) is 5.53. The van der Waals surface area contributed by atoms with Gasteiger partial charge in [-0.05, 0) is 12.1 Å². The molecule has 3 rings (SSSR count). The monoisotopic (exact) mass is 364 g/mol. The molecule has 2 heterocycles. The number of carbonyl (C=O) groups excluding carboxylic acids is 1. The summed E-state index contributed by atoms with van der Waals surface area (Å²) < 4.78 is 11.7. The molecule has 0 radical (unpaired) electrons. The smallest absolute Gasteiger partial charge is 0.348 e. The summed E-state index contributed by atoms with van der Waals surface area (Å²) in [5.41, 5.74) is -0.596. The number of benzene rings is 1. The molecular weight excluding hydrogens is 348 g/mol. The Morgan fingerprint density at radius 1 is 1.40 bits per heavy atom. The van der Waals surface area contributed by atoms with E-state index in [0.29, 0.717) is 5.75 Å². The highest BCUT2D eigenvalue weighted by Crippen LogP contribution is 2.27. The van der Waals surface area contributed by atoms with Gasteiger partial charge in [0.15, 0.2) is 0 Å². The van der Waals surface area contributed by atoms with Crippen LogP contribution in [0.1, 0.15) is 23.0 Å². The van der Waals surface area contributed by atoms with Gasteiger partial charge in [-0.2, -0.15) is 0 Å². The number of nitrogens with zero attached hydrogens (tertiary/aromatic N) is 1. The summed E-state index contributed by atoms with van der Waals surface area (Å²) in [6, 6.07) is 8.44. The van der Waals surface area contributed by atoms with Gasteiger partial charge in [0.05, 0.1) is 12.7 Å². The fraction of sp³-hybridized carbons (Fsp3) is 0.312. The summed E-state index contributed by atoms with van der Waals surface area (Å²) in [5.74, 6) is -0.383. The summed E-state index contributed by atoms with van der Waals surface area (Å²) in [6.45, 7) is -0.377. The van der Waals surface area contributed by atoms with Gasteiger partial charge in [-0.3, -0.25) is 9.55 Å².